The number of nitrogens with one attached hydrogen (secondary N) is 1. The van der Waals surface area contributed by atoms with Crippen molar-refractivity contribution < 1.29 is 27.2 Å². The van der Waals surface area contributed by atoms with E-state index in [2.05, 4.69) is 15.2 Å². The maximum Gasteiger partial charge on any atom is 0.573 e. The fourth-order valence-corrected chi connectivity index (χ4v) is 2.61. The number of carbonyl (C=O) groups excluding carboxylic acids is 1. The van der Waals surface area contributed by atoms with Gasteiger partial charge in [0.15, 0.2) is 5.76 Å². The summed E-state index contributed by atoms with van der Waals surface area (Å²) in [6.45, 7) is 0. The van der Waals surface area contributed by atoms with Gasteiger partial charge in [-0.15, -0.1) is 13.2 Å². The van der Waals surface area contributed by atoms with E-state index < -0.39 is 12.3 Å². The first kappa shape index (κ1) is 20.0. The van der Waals surface area contributed by atoms with E-state index in [1.165, 1.54) is 25.3 Å². The van der Waals surface area contributed by atoms with E-state index in [4.69, 9.17) is 10.3 Å². The Bertz CT molecular complexity index is 1030. The molecule has 150 valence electrons. The molecule has 0 saturated carbocycles. The summed E-state index contributed by atoms with van der Waals surface area (Å²) in [7, 11) is 1.47. The van der Waals surface area contributed by atoms with Crippen LogP contribution in [0.3, 0.4) is 0 Å². The van der Waals surface area contributed by atoms with E-state index in [-0.39, 0.29) is 22.8 Å². The lowest BCUT2D eigenvalue weighted by atomic mass is 10.0. The second kappa shape index (κ2) is 8.09. The Morgan fingerprint density at radius 1 is 1.14 bits per heavy atom. The summed E-state index contributed by atoms with van der Waals surface area (Å²) < 4.78 is 45.9. The Balaban J connectivity index is 1.95. The van der Waals surface area contributed by atoms with Crippen molar-refractivity contribution in [3.8, 4) is 17.0 Å². The first-order chi connectivity index (χ1) is 13.8. The summed E-state index contributed by atoms with van der Waals surface area (Å²) in [4.78, 5) is 12.4. The molecule has 0 aliphatic rings. The molecule has 3 N–H and O–H groups in total. The van der Waals surface area contributed by atoms with Crippen molar-refractivity contribution in [1.29, 1.82) is 0 Å². The molecule has 0 spiro atoms. The van der Waals surface area contributed by atoms with E-state index in [9.17, 15) is 18.0 Å². The molecule has 6 nitrogen and oxygen atoms in total. The first-order valence-electron chi connectivity index (χ1n) is 8.39. The Kier molecular flexibility index (Phi) is 5.58. The highest BCUT2D eigenvalue weighted by Gasteiger charge is 2.31. The lowest BCUT2D eigenvalue weighted by molar-refractivity contribution is -0.274. The molecule has 3 rings (SSSR count). The highest BCUT2D eigenvalue weighted by molar-refractivity contribution is 6.03. The summed E-state index contributed by atoms with van der Waals surface area (Å²) in [6, 6.07) is 14.0. The van der Waals surface area contributed by atoms with Crippen molar-refractivity contribution in [2.45, 2.75) is 6.36 Å². The number of nitrogens with zero attached hydrogens (tertiary/aromatic N) is 1. The van der Waals surface area contributed by atoms with Gasteiger partial charge < -0.3 is 20.3 Å². The number of hydrogen-bond donors (Lipinski definition) is 2. The average molecular weight is 403 g/mol. The molecule has 2 aromatic carbocycles. The predicted octanol–water partition coefficient (Wildman–Crippen LogP) is 4.06. The van der Waals surface area contributed by atoms with Crippen molar-refractivity contribution in [3.63, 3.8) is 0 Å². The topological polar surface area (TPSA) is 90.4 Å². The number of benzene rings is 2. The van der Waals surface area contributed by atoms with E-state index in [1.807, 2.05) is 6.07 Å². The molecule has 9 heteroatoms. The van der Waals surface area contributed by atoms with E-state index in [0.29, 0.717) is 16.8 Å². The van der Waals surface area contributed by atoms with E-state index in [0.717, 1.165) is 12.1 Å². The van der Waals surface area contributed by atoms with Crippen molar-refractivity contribution in [2.75, 3.05) is 7.05 Å². The second-order valence-corrected chi connectivity index (χ2v) is 5.89. The Hall–Kier alpha value is -3.75. The molecule has 1 aromatic heterocycles. The number of rotatable bonds is 5. The maximum absolute atomic E-state index is 12.4. The van der Waals surface area contributed by atoms with Crippen LogP contribution in [0, 0.1) is 0 Å². The van der Waals surface area contributed by atoms with Crippen LogP contribution in [-0.4, -0.2) is 24.5 Å². The Morgan fingerprint density at radius 3 is 2.38 bits per heavy atom. The number of hydrogen-bond acceptors (Lipinski definition) is 5. The monoisotopic (exact) mass is 403 g/mol. The van der Waals surface area contributed by atoms with Crippen LogP contribution in [0.15, 0.2) is 59.1 Å². The molecular formula is C20H16F3N3O3. The van der Waals surface area contributed by atoms with Crippen LogP contribution in [0.2, 0.25) is 0 Å². The fraction of sp³-hybridized carbons (Fsp3) is 0.100. The van der Waals surface area contributed by atoms with Gasteiger partial charge >= 0.3 is 6.36 Å². The fourth-order valence-electron chi connectivity index (χ4n) is 2.61. The summed E-state index contributed by atoms with van der Waals surface area (Å²) in [5.41, 5.74) is 7.85. The number of amides is 1. The third-order valence-corrected chi connectivity index (χ3v) is 3.93. The molecule has 1 heterocycles. The van der Waals surface area contributed by atoms with Gasteiger partial charge in [0, 0.05) is 24.4 Å². The molecule has 0 radical (unpaired) electrons. The van der Waals surface area contributed by atoms with Gasteiger partial charge in [-0.2, -0.15) is 0 Å². The SMILES string of the molecule is CNC(=O)c1c(-c2ccccc2)noc1/C=C(/N)c1ccc(OC(F)(F)F)cc1. The number of ether oxygens (including phenoxy) is 1. The minimum atomic E-state index is -4.78. The number of alkyl halides is 3. The molecule has 3 aromatic rings. The molecule has 0 fully saturated rings. The van der Waals surface area contributed by atoms with E-state index in [1.54, 1.807) is 24.3 Å². The predicted molar refractivity (Wildman–Crippen MR) is 101 cm³/mol. The zero-order valence-electron chi connectivity index (χ0n) is 15.2. The van der Waals surface area contributed by atoms with Gasteiger partial charge in [-0.05, 0) is 29.8 Å². The van der Waals surface area contributed by atoms with Crippen molar-refractivity contribution in [3.05, 3.63) is 71.5 Å². The van der Waals surface area contributed by atoms with Crippen molar-refractivity contribution in [2.24, 2.45) is 5.73 Å². The summed E-state index contributed by atoms with van der Waals surface area (Å²) >= 11 is 0. The molecular weight excluding hydrogens is 387 g/mol. The zero-order valence-corrected chi connectivity index (χ0v) is 15.2. The summed E-state index contributed by atoms with van der Waals surface area (Å²) in [5, 5.41) is 6.50. The molecule has 0 aliphatic heterocycles. The Labute approximate surface area is 163 Å². The van der Waals surface area contributed by atoms with Gasteiger partial charge in [0.2, 0.25) is 0 Å². The zero-order chi connectivity index (χ0) is 21.0. The lowest BCUT2D eigenvalue weighted by Crippen LogP contribution is -2.19. The van der Waals surface area contributed by atoms with Crippen LogP contribution >= 0.6 is 0 Å². The van der Waals surface area contributed by atoms with Gasteiger partial charge in [0.05, 0.1) is 0 Å². The molecule has 0 atom stereocenters. The standard InChI is InChI=1S/C20H16F3N3O3/c1-25-19(27)17-16(29-26-18(17)13-5-3-2-4-6-13)11-15(24)12-7-9-14(10-8-12)28-20(21,22)23/h2-11H,24H2,1H3,(H,25,27)/b15-11+. The highest BCUT2D eigenvalue weighted by Crippen LogP contribution is 2.28. The number of halogens is 3. The van der Waals surface area contributed by atoms with Crippen LogP contribution in [0.4, 0.5) is 13.2 Å². The molecule has 0 aliphatic carbocycles. The van der Waals surface area contributed by atoms with E-state index >= 15 is 0 Å². The van der Waals surface area contributed by atoms with Crippen LogP contribution < -0.4 is 15.8 Å². The third-order valence-electron chi connectivity index (χ3n) is 3.93. The Morgan fingerprint density at radius 2 is 1.79 bits per heavy atom. The van der Waals surface area contributed by atoms with Crippen LogP contribution in [0.1, 0.15) is 21.7 Å². The summed E-state index contributed by atoms with van der Waals surface area (Å²) in [6.07, 6.45) is -3.39. The molecule has 0 unspecified atom stereocenters. The molecule has 29 heavy (non-hydrogen) atoms. The number of carbonyl (C=O) groups is 1. The van der Waals surface area contributed by atoms with Gasteiger partial charge in [-0.3, -0.25) is 4.79 Å². The van der Waals surface area contributed by atoms with Crippen LogP contribution in [0.5, 0.6) is 5.75 Å². The smallest absolute Gasteiger partial charge is 0.406 e. The molecule has 0 saturated heterocycles. The van der Waals surface area contributed by atoms with Gasteiger partial charge in [-0.25, -0.2) is 0 Å². The molecule has 0 bridgehead atoms. The first-order valence-corrected chi connectivity index (χ1v) is 8.39. The van der Waals surface area contributed by atoms with Gasteiger partial charge in [0.1, 0.15) is 17.0 Å². The highest BCUT2D eigenvalue weighted by atomic mass is 19.4. The largest absolute Gasteiger partial charge is 0.573 e. The summed E-state index contributed by atoms with van der Waals surface area (Å²) in [5.74, 6) is -0.666. The minimum Gasteiger partial charge on any atom is -0.406 e. The van der Waals surface area contributed by atoms with Gasteiger partial charge in [0.25, 0.3) is 5.91 Å². The van der Waals surface area contributed by atoms with Crippen molar-refractivity contribution >= 4 is 17.7 Å². The van der Waals surface area contributed by atoms with Crippen LogP contribution in [-0.2, 0) is 0 Å². The van der Waals surface area contributed by atoms with Crippen molar-refractivity contribution in [1.82, 2.24) is 10.5 Å². The van der Waals surface area contributed by atoms with Gasteiger partial charge in [-0.1, -0.05) is 35.5 Å². The average Bonchev–Trinajstić information content (AvgIpc) is 3.11. The number of aromatic nitrogens is 1. The molecule has 1 amide bonds. The quantitative estimate of drug-likeness (QED) is 0.671. The lowest BCUT2D eigenvalue weighted by Gasteiger charge is -2.09. The second-order valence-electron chi connectivity index (χ2n) is 5.89. The van der Waals surface area contributed by atoms with Crippen LogP contribution in [0.25, 0.3) is 23.0 Å². The minimum absolute atomic E-state index is 0.122. The normalized spacial score (nSPS) is 11.9. The maximum atomic E-state index is 12.4. The third kappa shape index (κ3) is 4.75. The number of nitrogens with two attached hydrogens (primary N) is 1.